The zero-order chi connectivity index (χ0) is 20.5. The second-order valence-corrected chi connectivity index (χ2v) is 7.12. The lowest BCUT2D eigenvalue weighted by Crippen LogP contribution is -2.49. The molecule has 0 spiro atoms. The number of fused-ring (bicyclic) bond motifs is 1. The van der Waals surface area contributed by atoms with Crippen molar-refractivity contribution < 1.29 is 18.8 Å². The number of rotatable bonds is 4. The Hall–Kier alpha value is -3.62. The van der Waals surface area contributed by atoms with Crippen molar-refractivity contribution >= 4 is 11.7 Å². The Morgan fingerprint density at radius 3 is 2.63 bits per heavy atom. The number of pyridine rings is 1. The lowest BCUT2D eigenvalue weighted by Gasteiger charge is -2.35. The monoisotopic (exact) mass is 407 g/mol. The first-order chi connectivity index (χ1) is 14.7. The van der Waals surface area contributed by atoms with Crippen LogP contribution in [0.2, 0.25) is 0 Å². The second-order valence-electron chi connectivity index (χ2n) is 7.12. The van der Waals surface area contributed by atoms with Crippen molar-refractivity contribution in [1.82, 2.24) is 20.0 Å². The lowest BCUT2D eigenvalue weighted by molar-refractivity contribution is 0.0746. The number of aryl methyl sites for hydroxylation is 1. The van der Waals surface area contributed by atoms with Gasteiger partial charge in [0.05, 0.1) is 0 Å². The third kappa shape index (κ3) is 3.42. The van der Waals surface area contributed by atoms with Crippen LogP contribution < -0.4 is 14.4 Å². The topological polar surface area (TPSA) is 93.8 Å². The first-order valence-electron chi connectivity index (χ1n) is 9.94. The summed E-state index contributed by atoms with van der Waals surface area (Å²) in [5.41, 5.74) is 1.43. The minimum Gasteiger partial charge on any atom is -0.454 e. The van der Waals surface area contributed by atoms with E-state index in [0.29, 0.717) is 61.4 Å². The van der Waals surface area contributed by atoms with E-state index in [0.717, 1.165) is 11.4 Å². The number of nitrogens with zero attached hydrogens (tertiary/aromatic N) is 5. The molecule has 1 aromatic carbocycles. The van der Waals surface area contributed by atoms with Crippen molar-refractivity contribution in [2.24, 2.45) is 0 Å². The Kier molecular flexibility index (Phi) is 4.70. The summed E-state index contributed by atoms with van der Waals surface area (Å²) in [5, 5.41) is 3.98. The fourth-order valence-corrected chi connectivity index (χ4v) is 3.57. The molecule has 0 aliphatic carbocycles. The molecule has 2 aliphatic heterocycles. The van der Waals surface area contributed by atoms with E-state index in [2.05, 4.69) is 20.0 Å². The van der Waals surface area contributed by atoms with Crippen LogP contribution in [0.15, 0.2) is 41.1 Å². The second kappa shape index (κ2) is 7.66. The van der Waals surface area contributed by atoms with Gasteiger partial charge in [-0.3, -0.25) is 4.79 Å². The molecule has 2 aliphatic rings. The van der Waals surface area contributed by atoms with Crippen molar-refractivity contribution in [2.75, 3.05) is 37.9 Å². The third-order valence-corrected chi connectivity index (χ3v) is 5.29. The van der Waals surface area contributed by atoms with Crippen LogP contribution in [-0.4, -0.2) is 58.9 Å². The molecule has 0 atom stereocenters. The average Bonchev–Trinajstić information content (AvgIpc) is 3.48. The maximum absolute atomic E-state index is 12.8. The summed E-state index contributed by atoms with van der Waals surface area (Å²) >= 11 is 0. The molecule has 1 amide bonds. The Bertz CT molecular complexity index is 1060. The number of amides is 1. The number of carbonyl (C=O) groups excluding carboxylic acids is 1. The number of hydrogen-bond acceptors (Lipinski definition) is 8. The molecule has 0 radical (unpaired) electrons. The third-order valence-electron chi connectivity index (χ3n) is 5.29. The maximum Gasteiger partial charge on any atom is 0.254 e. The van der Waals surface area contributed by atoms with E-state index in [1.165, 1.54) is 0 Å². The summed E-state index contributed by atoms with van der Waals surface area (Å²) < 4.78 is 15.8. The van der Waals surface area contributed by atoms with Crippen molar-refractivity contribution in [3.05, 3.63) is 48.0 Å². The van der Waals surface area contributed by atoms with E-state index >= 15 is 0 Å². The van der Waals surface area contributed by atoms with E-state index < -0.39 is 0 Å². The number of benzene rings is 1. The van der Waals surface area contributed by atoms with Crippen LogP contribution in [0.5, 0.6) is 11.5 Å². The summed E-state index contributed by atoms with van der Waals surface area (Å²) in [6.07, 6.45) is 2.46. The summed E-state index contributed by atoms with van der Waals surface area (Å²) in [6, 6.07) is 9.21. The zero-order valence-electron chi connectivity index (χ0n) is 16.6. The van der Waals surface area contributed by atoms with Crippen LogP contribution >= 0.6 is 0 Å². The molecule has 1 fully saturated rings. The van der Waals surface area contributed by atoms with Gasteiger partial charge in [0.25, 0.3) is 5.91 Å². The van der Waals surface area contributed by atoms with Gasteiger partial charge in [-0.2, -0.15) is 4.98 Å². The van der Waals surface area contributed by atoms with Gasteiger partial charge in [-0.15, -0.1) is 0 Å². The predicted octanol–water partition coefficient (Wildman–Crippen LogP) is 2.39. The van der Waals surface area contributed by atoms with Crippen molar-refractivity contribution in [2.45, 2.75) is 13.3 Å². The van der Waals surface area contributed by atoms with Crippen molar-refractivity contribution in [3.63, 3.8) is 0 Å². The Morgan fingerprint density at radius 2 is 1.90 bits per heavy atom. The molecular formula is C21H21N5O4. The van der Waals surface area contributed by atoms with E-state index in [4.69, 9.17) is 14.0 Å². The zero-order valence-corrected chi connectivity index (χ0v) is 16.6. The highest BCUT2D eigenvalue weighted by Gasteiger charge is 2.24. The summed E-state index contributed by atoms with van der Waals surface area (Å²) in [6.45, 7) is 4.85. The van der Waals surface area contributed by atoms with E-state index in [1.807, 2.05) is 24.0 Å². The van der Waals surface area contributed by atoms with Gasteiger partial charge in [0.2, 0.25) is 18.5 Å². The summed E-state index contributed by atoms with van der Waals surface area (Å²) in [4.78, 5) is 25.7. The highest BCUT2D eigenvalue weighted by atomic mass is 16.7. The van der Waals surface area contributed by atoms with Crippen molar-refractivity contribution in [3.8, 4) is 22.9 Å². The molecule has 0 unspecified atom stereocenters. The van der Waals surface area contributed by atoms with Crippen LogP contribution in [0.25, 0.3) is 11.4 Å². The molecule has 30 heavy (non-hydrogen) atoms. The molecule has 1 saturated heterocycles. The molecule has 154 valence electrons. The number of ether oxygens (including phenoxy) is 2. The standard InChI is InChI=1S/C21H21N5O4/c1-2-19-23-20(24-30-19)15-4-6-18(22-12-15)25-7-9-26(10-8-25)21(27)14-3-5-16-17(11-14)29-13-28-16/h3-6,11-12H,2,7-10,13H2,1H3. The van der Waals surface area contributed by atoms with Crippen LogP contribution in [0, 0.1) is 0 Å². The molecule has 3 aromatic rings. The normalized spacial score (nSPS) is 15.5. The predicted molar refractivity (Wildman–Crippen MR) is 108 cm³/mol. The fraction of sp³-hybridized carbons (Fsp3) is 0.333. The number of anilines is 1. The molecule has 9 nitrogen and oxygen atoms in total. The summed E-state index contributed by atoms with van der Waals surface area (Å²) in [7, 11) is 0. The van der Waals surface area contributed by atoms with Gasteiger partial charge in [0, 0.05) is 49.9 Å². The SMILES string of the molecule is CCc1nc(-c2ccc(N3CCN(C(=O)c4ccc5c(c4)OCO5)CC3)nc2)no1. The smallest absolute Gasteiger partial charge is 0.254 e. The fourth-order valence-electron chi connectivity index (χ4n) is 3.57. The molecule has 0 saturated carbocycles. The molecule has 0 bridgehead atoms. The quantitative estimate of drug-likeness (QED) is 0.651. The lowest BCUT2D eigenvalue weighted by atomic mass is 10.1. The number of carbonyl (C=O) groups is 1. The van der Waals surface area contributed by atoms with Crippen LogP contribution in [0.4, 0.5) is 5.82 Å². The first-order valence-corrected chi connectivity index (χ1v) is 9.94. The average molecular weight is 407 g/mol. The van der Waals surface area contributed by atoms with Gasteiger partial charge in [-0.05, 0) is 30.3 Å². The highest BCUT2D eigenvalue weighted by molar-refractivity contribution is 5.95. The molecular weight excluding hydrogens is 386 g/mol. The molecule has 5 rings (SSSR count). The van der Waals surface area contributed by atoms with E-state index in [1.54, 1.807) is 24.4 Å². The van der Waals surface area contributed by atoms with Gasteiger partial charge >= 0.3 is 0 Å². The summed E-state index contributed by atoms with van der Waals surface area (Å²) in [5.74, 6) is 3.32. The largest absolute Gasteiger partial charge is 0.454 e. The van der Waals surface area contributed by atoms with Crippen molar-refractivity contribution in [1.29, 1.82) is 0 Å². The Morgan fingerprint density at radius 1 is 1.07 bits per heavy atom. The minimum absolute atomic E-state index is 0.0000852. The van der Waals surface area contributed by atoms with Crippen LogP contribution in [-0.2, 0) is 6.42 Å². The molecule has 4 heterocycles. The number of piperazine rings is 1. The molecule has 2 aromatic heterocycles. The van der Waals surface area contributed by atoms with Gasteiger partial charge in [0.15, 0.2) is 11.5 Å². The maximum atomic E-state index is 12.8. The first kappa shape index (κ1) is 18.4. The Balaban J connectivity index is 1.22. The van der Waals surface area contributed by atoms with Gasteiger partial charge in [-0.1, -0.05) is 12.1 Å². The van der Waals surface area contributed by atoms with E-state index in [9.17, 15) is 4.79 Å². The minimum atomic E-state index is 0.0000852. The van der Waals surface area contributed by atoms with Gasteiger partial charge in [-0.25, -0.2) is 4.98 Å². The van der Waals surface area contributed by atoms with Gasteiger partial charge in [0.1, 0.15) is 5.82 Å². The molecule has 9 heteroatoms. The van der Waals surface area contributed by atoms with Crippen LogP contribution in [0.1, 0.15) is 23.2 Å². The number of aromatic nitrogens is 3. The van der Waals surface area contributed by atoms with Crippen LogP contribution in [0.3, 0.4) is 0 Å². The van der Waals surface area contributed by atoms with E-state index in [-0.39, 0.29) is 12.7 Å². The molecule has 0 N–H and O–H groups in total. The number of hydrogen-bond donors (Lipinski definition) is 0. The Labute approximate surface area is 173 Å². The van der Waals surface area contributed by atoms with Gasteiger partial charge < -0.3 is 23.8 Å². The highest BCUT2D eigenvalue weighted by Crippen LogP contribution is 2.33.